The first-order valence-electron chi connectivity index (χ1n) is 9.50. The topological polar surface area (TPSA) is 77.3 Å². The van der Waals surface area contributed by atoms with Crippen molar-refractivity contribution in [2.45, 2.75) is 31.8 Å². The normalized spacial score (nSPS) is 20.4. The number of likely N-dealkylation sites (tertiary alicyclic amines) is 1. The fourth-order valence-electron chi connectivity index (χ4n) is 3.59. The van der Waals surface area contributed by atoms with Gasteiger partial charge in [0.1, 0.15) is 23.4 Å². The van der Waals surface area contributed by atoms with Gasteiger partial charge < -0.3 is 19.8 Å². The highest BCUT2D eigenvalue weighted by Gasteiger charge is 2.27. The lowest BCUT2D eigenvalue weighted by Crippen LogP contribution is -2.41. The van der Waals surface area contributed by atoms with E-state index in [0.717, 1.165) is 42.8 Å². The molecule has 2 heterocycles. The summed E-state index contributed by atoms with van der Waals surface area (Å²) < 4.78 is 6.10. The number of aromatic hydroxyl groups is 2. The van der Waals surface area contributed by atoms with Crippen molar-refractivity contribution in [3.05, 3.63) is 53.6 Å². The van der Waals surface area contributed by atoms with Crippen molar-refractivity contribution in [2.24, 2.45) is 5.10 Å². The molecule has 0 bridgehead atoms. The zero-order valence-corrected chi connectivity index (χ0v) is 16.3. The molecule has 2 aliphatic rings. The molecule has 1 unspecified atom stereocenters. The number of phenols is 2. The summed E-state index contributed by atoms with van der Waals surface area (Å²) in [4.78, 5) is 2.15. The Bertz CT molecular complexity index is 892. The Morgan fingerprint density at radius 3 is 2.50 bits per heavy atom. The van der Waals surface area contributed by atoms with Gasteiger partial charge in [-0.05, 0) is 61.3 Å². The second-order valence-corrected chi connectivity index (χ2v) is 7.49. The van der Waals surface area contributed by atoms with Crippen molar-refractivity contribution in [1.82, 2.24) is 10.3 Å². The van der Waals surface area contributed by atoms with E-state index in [4.69, 9.17) is 17.0 Å². The molecule has 4 rings (SSSR count). The minimum absolute atomic E-state index is 0.140. The number of nitrogens with zero attached hydrogens (tertiary/aromatic N) is 2. The van der Waals surface area contributed by atoms with Gasteiger partial charge >= 0.3 is 0 Å². The zero-order chi connectivity index (χ0) is 19.5. The quantitative estimate of drug-likeness (QED) is 0.530. The van der Waals surface area contributed by atoms with E-state index >= 15 is 0 Å². The van der Waals surface area contributed by atoms with Crippen molar-refractivity contribution in [3.63, 3.8) is 0 Å². The summed E-state index contributed by atoms with van der Waals surface area (Å²) in [6.45, 7) is 1.92. The van der Waals surface area contributed by atoms with Crippen LogP contribution in [0.1, 0.15) is 42.9 Å². The minimum atomic E-state index is -0.265. The lowest BCUT2D eigenvalue weighted by Gasteiger charge is -2.30. The average molecular weight is 398 g/mol. The van der Waals surface area contributed by atoms with E-state index in [1.165, 1.54) is 6.42 Å². The lowest BCUT2D eigenvalue weighted by molar-refractivity contribution is 0.205. The Balaban J connectivity index is 1.59. The molecule has 1 atom stereocenters. The maximum Gasteiger partial charge on any atom is 0.189 e. The number of nitrogens with one attached hydrogen (secondary N) is 1. The van der Waals surface area contributed by atoms with Crippen molar-refractivity contribution < 1.29 is 14.9 Å². The highest BCUT2D eigenvalue weighted by molar-refractivity contribution is 7.80. The van der Waals surface area contributed by atoms with Crippen molar-refractivity contribution in [2.75, 3.05) is 13.1 Å². The van der Waals surface area contributed by atoms with Crippen LogP contribution in [0.4, 0.5) is 0 Å². The number of thiocarbonyl (C=S) groups is 1. The number of benzene rings is 2. The van der Waals surface area contributed by atoms with Gasteiger partial charge in [0.2, 0.25) is 0 Å². The zero-order valence-electron chi connectivity index (χ0n) is 15.5. The molecule has 0 aromatic heterocycles. The third-order valence-electron chi connectivity index (χ3n) is 5.12. The molecule has 0 saturated carbocycles. The van der Waals surface area contributed by atoms with Gasteiger partial charge in [0.25, 0.3) is 0 Å². The lowest BCUT2D eigenvalue weighted by atomic mass is 9.95. The number of rotatable bonds is 2. The number of piperidine rings is 1. The second kappa shape index (κ2) is 8.06. The van der Waals surface area contributed by atoms with Crippen LogP contribution in [0.5, 0.6) is 17.2 Å². The second-order valence-electron chi connectivity index (χ2n) is 7.11. The fraction of sp³-hybridized carbons (Fsp3) is 0.333. The van der Waals surface area contributed by atoms with Gasteiger partial charge in [-0.2, -0.15) is 5.10 Å². The van der Waals surface area contributed by atoms with Gasteiger partial charge in [0.05, 0.1) is 5.71 Å². The number of fused-ring (bicyclic) bond motifs is 1. The molecule has 0 amide bonds. The molecule has 0 aliphatic carbocycles. The van der Waals surface area contributed by atoms with Crippen LogP contribution >= 0.6 is 12.2 Å². The van der Waals surface area contributed by atoms with Gasteiger partial charge in [-0.15, -0.1) is 0 Å². The molecule has 1 fully saturated rings. The monoisotopic (exact) mass is 397 g/mol. The Labute approximate surface area is 169 Å². The molecule has 0 spiro atoms. The van der Waals surface area contributed by atoms with E-state index in [2.05, 4.69) is 15.4 Å². The molecule has 6 nitrogen and oxygen atoms in total. The minimum Gasteiger partial charge on any atom is -0.508 e. The summed E-state index contributed by atoms with van der Waals surface area (Å²) in [6.07, 6.45) is 3.84. The number of hydrogen-bond donors (Lipinski definition) is 3. The van der Waals surface area contributed by atoms with Crippen molar-refractivity contribution in [1.29, 1.82) is 0 Å². The maximum atomic E-state index is 9.86. The highest BCUT2D eigenvalue weighted by Crippen LogP contribution is 2.37. The Morgan fingerprint density at radius 2 is 1.75 bits per heavy atom. The van der Waals surface area contributed by atoms with Crippen molar-refractivity contribution in [3.8, 4) is 17.2 Å². The van der Waals surface area contributed by atoms with Crippen LogP contribution in [-0.4, -0.2) is 39.0 Å². The van der Waals surface area contributed by atoms with Gasteiger partial charge in [-0.1, -0.05) is 12.1 Å². The largest absolute Gasteiger partial charge is 0.508 e. The Morgan fingerprint density at radius 1 is 1.04 bits per heavy atom. The van der Waals surface area contributed by atoms with Crippen LogP contribution in [0.15, 0.2) is 47.6 Å². The summed E-state index contributed by atoms with van der Waals surface area (Å²) in [6, 6.07) is 12.0. The summed E-state index contributed by atoms with van der Waals surface area (Å²) >= 11 is 5.51. The number of ether oxygens (including phenoxy) is 1. The van der Waals surface area contributed by atoms with E-state index < -0.39 is 0 Å². The number of hydrogen-bond acceptors (Lipinski definition) is 5. The predicted octanol–water partition coefficient (Wildman–Crippen LogP) is 3.69. The van der Waals surface area contributed by atoms with E-state index in [1.54, 1.807) is 24.3 Å². The van der Waals surface area contributed by atoms with E-state index in [9.17, 15) is 10.2 Å². The molecule has 7 heteroatoms. The Kier molecular flexibility index (Phi) is 5.34. The highest BCUT2D eigenvalue weighted by atomic mass is 32.1. The van der Waals surface area contributed by atoms with Gasteiger partial charge in [-0.3, -0.25) is 5.43 Å². The fourth-order valence-corrected chi connectivity index (χ4v) is 3.82. The molecular weight excluding hydrogens is 374 g/mol. The molecule has 2 aromatic carbocycles. The summed E-state index contributed by atoms with van der Waals surface area (Å²) in [7, 11) is 0. The summed E-state index contributed by atoms with van der Waals surface area (Å²) in [5, 5.41) is 24.6. The third-order valence-corrected chi connectivity index (χ3v) is 5.47. The Hall–Kier alpha value is -2.80. The molecule has 0 radical (unpaired) electrons. The van der Waals surface area contributed by atoms with Crippen LogP contribution in [-0.2, 0) is 0 Å². The van der Waals surface area contributed by atoms with Gasteiger partial charge in [0, 0.05) is 31.1 Å². The molecule has 2 aliphatic heterocycles. The smallest absolute Gasteiger partial charge is 0.189 e. The van der Waals surface area contributed by atoms with Gasteiger partial charge in [-0.25, -0.2) is 0 Å². The molecule has 146 valence electrons. The van der Waals surface area contributed by atoms with E-state index in [1.807, 2.05) is 18.2 Å². The first-order chi connectivity index (χ1) is 13.6. The predicted molar refractivity (Wildman–Crippen MR) is 112 cm³/mol. The number of phenolic OH excluding ortho intramolecular Hbond substituents is 2. The molecular formula is C21H23N3O3S. The van der Waals surface area contributed by atoms with E-state index in [0.29, 0.717) is 17.3 Å². The average Bonchev–Trinajstić information content (AvgIpc) is 2.72. The molecule has 3 N–H and O–H groups in total. The summed E-state index contributed by atoms with van der Waals surface area (Å²) in [5.74, 6) is 0.926. The third kappa shape index (κ3) is 4.04. The molecule has 2 aromatic rings. The SMILES string of the molecule is Oc1ccc(C2C/C(=N\NC(=S)N3CCCCC3)c3ccc(O)cc3O2)cc1. The first kappa shape index (κ1) is 18.6. The van der Waals surface area contributed by atoms with Crippen LogP contribution in [0, 0.1) is 0 Å². The van der Waals surface area contributed by atoms with Crippen LogP contribution in [0.3, 0.4) is 0 Å². The molecule has 1 saturated heterocycles. The maximum absolute atomic E-state index is 9.86. The van der Waals surface area contributed by atoms with Gasteiger partial charge in [0.15, 0.2) is 5.11 Å². The molecule has 28 heavy (non-hydrogen) atoms. The van der Waals surface area contributed by atoms with Crippen molar-refractivity contribution >= 4 is 23.0 Å². The standard InChI is InChI=1S/C21H23N3O3S/c25-15-6-4-14(5-7-15)19-13-18(17-9-8-16(26)12-20(17)27-19)22-23-21(28)24-10-2-1-3-11-24/h4-9,12,19,25-26H,1-3,10-11,13H2,(H,23,28)/b22-18+. The summed E-state index contributed by atoms with van der Waals surface area (Å²) in [5.41, 5.74) is 5.63. The van der Waals surface area contributed by atoms with Crippen LogP contribution in [0.2, 0.25) is 0 Å². The van der Waals surface area contributed by atoms with Crippen LogP contribution in [0.25, 0.3) is 0 Å². The number of hydrazone groups is 1. The first-order valence-corrected chi connectivity index (χ1v) is 9.91. The van der Waals surface area contributed by atoms with E-state index in [-0.39, 0.29) is 17.6 Å². The van der Waals surface area contributed by atoms with Crippen LogP contribution < -0.4 is 10.2 Å².